The molecule has 0 aromatic carbocycles. The highest BCUT2D eigenvalue weighted by molar-refractivity contribution is 5.07. The normalized spacial score (nSPS) is 13.1. The fourth-order valence-electron chi connectivity index (χ4n) is 1.42. The molecule has 0 unspecified atom stereocenters. The lowest BCUT2D eigenvalue weighted by Gasteiger charge is -2.22. The molecule has 92 valence electrons. The third kappa shape index (κ3) is 2.26. The van der Waals surface area contributed by atoms with Gasteiger partial charge in [-0.05, 0) is 19.3 Å². The molecule has 16 heavy (non-hydrogen) atoms. The molecular formula is C12H23N3O. The molecule has 1 heterocycles. The van der Waals surface area contributed by atoms with Crippen LogP contribution in [-0.4, -0.2) is 10.1 Å². The Bertz CT molecular complexity index is 340. The maximum atomic E-state index is 6.23. The van der Waals surface area contributed by atoms with Crippen molar-refractivity contribution < 1.29 is 4.52 Å². The molecule has 0 spiro atoms. The summed E-state index contributed by atoms with van der Waals surface area (Å²) in [7, 11) is 0. The van der Waals surface area contributed by atoms with Crippen LogP contribution in [0, 0.1) is 0 Å². The minimum Gasteiger partial charge on any atom is -0.339 e. The lowest BCUT2D eigenvalue weighted by molar-refractivity contribution is 0.291. The van der Waals surface area contributed by atoms with Gasteiger partial charge in [0.05, 0.1) is 5.54 Å². The molecule has 0 amide bonds. The first-order valence-corrected chi connectivity index (χ1v) is 6.03. The Morgan fingerprint density at radius 1 is 1.12 bits per heavy atom. The third-order valence-corrected chi connectivity index (χ3v) is 3.60. The summed E-state index contributed by atoms with van der Waals surface area (Å²) in [5.74, 6) is 1.32. The van der Waals surface area contributed by atoms with Gasteiger partial charge in [-0.3, -0.25) is 0 Å². The van der Waals surface area contributed by atoms with E-state index in [1.807, 2.05) is 13.8 Å². The van der Waals surface area contributed by atoms with Crippen molar-refractivity contribution in [2.75, 3.05) is 0 Å². The van der Waals surface area contributed by atoms with E-state index in [0.29, 0.717) is 11.7 Å². The smallest absolute Gasteiger partial charge is 0.232 e. The molecular weight excluding hydrogens is 202 g/mol. The number of nitrogens with zero attached hydrogens (tertiary/aromatic N) is 2. The Balaban J connectivity index is 3.03. The molecule has 0 atom stereocenters. The van der Waals surface area contributed by atoms with E-state index in [1.165, 1.54) is 0 Å². The van der Waals surface area contributed by atoms with Crippen LogP contribution in [0.15, 0.2) is 4.52 Å². The second-order valence-electron chi connectivity index (χ2n) is 5.02. The molecule has 1 rings (SSSR count). The van der Waals surface area contributed by atoms with Crippen LogP contribution in [0.3, 0.4) is 0 Å². The van der Waals surface area contributed by atoms with E-state index < -0.39 is 5.54 Å². The summed E-state index contributed by atoms with van der Waals surface area (Å²) in [5, 5.41) is 4.03. The number of nitrogens with two attached hydrogens (primary N) is 1. The summed E-state index contributed by atoms with van der Waals surface area (Å²) < 4.78 is 5.33. The SMILES string of the molecule is CCC(C)(C)c1nc(C(N)(CC)CC)no1. The van der Waals surface area contributed by atoms with E-state index >= 15 is 0 Å². The first-order valence-electron chi connectivity index (χ1n) is 6.03. The molecule has 0 bridgehead atoms. The predicted octanol–water partition coefficient (Wildman–Crippen LogP) is 2.73. The predicted molar refractivity (Wildman–Crippen MR) is 64.1 cm³/mol. The maximum absolute atomic E-state index is 6.23. The molecule has 0 saturated carbocycles. The zero-order valence-electron chi connectivity index (χ0n) is 11.0. The Kier molecular flexibility index (Phi) is 3.73. The van der Waals surface area contributed by atoms with Gasteiger partial charge in [-0.2, -0.15) is 4.98 Å². The van der Waals surface area contributed by atoms with Gasteiger partial charge in [0, 0.05) is 5.41 Å². The quantitative estimate of drug-likeness (QED) is 0.836. The second-order valence-corrected chi connectivity index (χ2v) is 5.02. The largest absolute Gasteiger partial charge is 0.339 e. The van der Waals surface area contributed by atoms with Crippen LogP contribution < -0.4 is 5.73 Å². The molecule has 0 aliphatic rings. The summed E-state index contributed by atoms with van der Waals surface area (Å²) >= 11 is 0. The highest BCUT2D eigenvalue weighted by atomic mass is 16.5. The topological polar surface area (TPSA) is 64.9 Å². The van der Waals surface area contributed by atoms with Crippen LogP contribution in [0.25, 0.3) is 0 Å². The van der Waals surface area contributed by atoms with Gasteiger partial charge in [-0.15, -0.1) is 0 Å². The van der Waals surface area contributed by atoms with E-state index in [0.717, 1.165) is 19.3 Å². The fourth-order valence-corrected chi connectivity index (χ4v) is 1.42. The van der Waals surface area contributed by atoms with E-state index in [9.17, 15) is 0 Å². The molecule has 0 fully saturated rings. The third-order valence-electron chi connectivity index (χ3n) is 3.60. The highest BCUT2D eigenvalue weighted by Gasteiger charge is 2.32. The average Bonchev–Trinajstić information content (AvgIpc) is 2.78. The number of rotatable bonds is 5. The van der Waals surface area contributed by atoms with E-state index in [-0.39, 0.29) is 5.41 Å². The Hall–Kier alpha value is -0.900. The molecule has 0 radical (unpaired) electrons. The summed E-state index contributed by atoms with van der Waals surface area (Å²) in [6.45, 7) is 10.4. The molecule has 0 aliphatic heterocycles. The average molecular weight is 225 g/mol. The lowest BCUT2D eigenvalue weighted by Crippen LogP contribution is -2.36. The Morgan fingerprint density at radius 2 is 1.69 bits per heavy atom. The van der Waals surface area contributed by atoms with Crippen LogP contribution in [0.5, 0.6) is 0 Å². The van der Waals surface area contributed by atoms with Crippen molar-refractivity contribution in [3.05, 3.63) is 11.7 Å². The van der Waals surface area contributed by atoms with Crippen molar-refractivity contribution in [2.45, 2.75) is 64.8 Å². The summed E-state index contributed by atoms with van der Waals surface area (Å²) in [6.07, 6.45) is 2.59. The molecule has 4 nitrogen and oxygen atoms in total. The second kappa shape index (κ2) is 4.53. The van der Waals surface area contributed by atoms with E-state index in [4.69, 9.17) is 10.3 Å². The molecule has 0 aliphatic carbocycles. The van der Waals surface area contributed by atoms with Crippen LogP contribution in [0.1, 0.15) is 65.6 Å². The van der Waals surface area contributed by atoms with Gasteiger partial charge in [-0.1, -0.05) is 39.8 Å². The minimum absolute atomic E-state index is 0.0758. The molecule has 1 aromatic heterocycles. The highest BCUT2D eigenvalue weighted by Crippen LogP contribution is 2.28. The standard InChI is InChI=1S/C12H23N3O/c1-6-11(4,5)10-14-9(15-16-10)12(13,7-2)8-3/h6-8,13H2,1-5H3. The monoisotopic (exact) mass is 225 g/mol. The van der Waals surface area contributed by atoms with Crippen molar-refractivity contribution in [1.82, 2.24) is 10.1 Å². The van der Waals surface area contributed by atoms with Crippen molar-refractivity contribution in [1.29, 1.82) is 0 Å². The Labute approximate surface area is 97.6 Å². The molecule has 4 heteroatoms. The van der Waals surface area contributed by atoms with Gasteiger partial charge in [0.25, 0.3) is 0 Å². The summed E-state index contributed by atoms with van der Waals surface area (Å²) in [4.78, 5) is 4.46. The van der Waals surface area contributed by atoms with Crippen LogP contribution >= 0.6 is 0 Å². The first kappa shape index (κ1) is 13.2. The number of aromatic nitrogens is 2. The first-order chi connectivity index (χ1) is 7.39. The zero-order chi connectivity index (χ0) is 12.4. The van der Waals surface area contributed by atoms with Crippen molar-refractivity contribution in [3.8, 4) is 0 Å². The Morgan fingerprint density at radius 3 is 2.12 bits per heavy atom. The molecule has 0 saturated heterocycles. The lowest BCUT2D eigenvalue weighted by atomic mass is 9.90. The van der Waals surface area contributed by atoms with Gasteiger partial charge < -0.3 is 10.3 Å². The fraction of sp³-hybridized carbons (Fsp3) is 0.833. The minimum atomic E-state index is -0.453. The van der Waals surface area contributed by atoms with Crippen LogP contribution in [0.2, 0.25) is 0 Å². The molecule has 1 aromatic rings. The van der Waals surface area contributed by atoms with Gasteiger partial charge in [0.1, 0.15) is 0 Å². The number of hydrogen-bond donors (Lipinski definition) is 1. The summed E-state index contributed by atoms with van der Waals surface area (Å²) in [5.41, 5.74) is 5.70. The van der Waals surface area contributed by atoms with Crippen molar-refractivity contribution in [2.24, 2.45) is 5.73 Å². The van der Waals surface area contributed by atoms with Gasteiger partial charge in [-0.25, -0.2) is 0 Å². The van der Waals surface area contributed by atoms with E-state index in [1.54, 1.807) is 0 Å². The van der Waals surface area contributed by atoms with E-state index in [2.05, 4.69) is 30.9 Å². The molecule has 2 N–H and O–H groups in total. The van der Waals surface area contributed by atoms with Gasteiger partial charge in [0.15, 0.2) is 5.82 Å². The van der Waals surface area contributed by atoms with Gasteiger partial charge >= 0.3 is 0 Å². The van der Waals surface area contributed by atoms with Gasteiger partial charge in [0.2, 0.25) is 5.89 Å². The van der Waals surface area contributed by atoms with Crippen LogP contribution in [0.4, 0.5) is 0 Å². The zero-order valence-corrected chi connectivity index (χ0v) is 11.0. The van der Waals surface area contributed by atoms with Crippen molar-refractivity contribution >= 4 is 0 Å². The van der Waals surface area contributed by atoms with Crippen LogP contribution in [-0.2, 0) is 11.0 Å². The van der Waals surface area contributed by atoms with Crippen molar-refractivity contribution in [3.63, 3.8) is 0 Å². The maximum Gasteiger partial charge on any atom is 0.232 e. The number of hydrogen-bond acceptors (Lipinski definition) is 4. The summed E-state index contributed by atoms with van der Waals surface area (Å²) in [6, 6.07) is 0.